The Morgan fingerprint density at radius 1 is 1.40 bits per heavy atom. The van der Waals surface area contributed by atoms with Crippen molar-refractivity contribution in [2.24, 2.45) is 0 Å². The molecule has 1 heterocycles. The van der Waals surface area contributed by atoms with Crippen molar-refractivity contribution in [3.63, 3.8) is 0 Å². The van der Waals surface area contributed by atoms with Crippen LogP contribution in [-0.2, 0) is 14.6 Å². The maximum atomic E-state index is 12.0. The highest BCUT2D eigenvalue weighted by Crippen LogP contribution is 2.20. The summed E-state index contributed by atoms with van der Waals surface area (Å²) in [7, 11) is -3.12. The quantitative estimate of drug-likeness (QED) is 0.768. The molecule has 8 heteroatoms. The van der Waals surface area contributed by atoms with Crippen molar-refractivity contribution >= 4 is 21.8 Å². The van der Waals surface area contributed by atoms with Crippen LogP contribution in [0, 0.1) is 0 Å². The fraction of sp³-hybridized carbons (Fsp3) is 0.833. The van der Waals surface area contributed by atoms with Crippen LogP contribution in [0.25, 0.3) is 0 Å². The number of carboxylic acid groups (broad SMARTS) is 1. The van der Waals surface area contributed by atoms with Crippen molar-refractivity contribution in [1.82, 2.24) is 10.2 Å². The molecule has 0 aromatic carbocycles. The molecule has 1 aliphatic rings. The number of urea groups is 1. The van der Waals surface area contributed by atoms with Gasteiger partial charge in [-0.25, -0.2) is 18.0 Å². The Kier molecular flexibility index (Phi) is 5.01. The third kappa shape index (κ3) is 3.41. The van der Waals surface area contributed by atoms with Crippen LogP contribution >= 0.6 is 0 Å². The molecule has 0 aromatic rings. The average molecular weight is 306 g/mol. The van der Waals surface area contributed by atoms with Gasteiger partial charge in [-0.3, -0.25) is 0 Å². The van der Waals surface area contributed by atoms with Crippen LogP contribution in [0.1, 0.15) is 33.6 Å². The van der Waals surface area contributed by atoms with E-state index in [0.29, 0.717) is 12.8 Å². The van der Waals surface area contributed by atoms with Gasteiger partial charge in [-0.05, 0) is 33.6 Å². The molecule has 0 aromatic heterocycles. The van der Waals surface area contributed by atoms with Gasteiger partial charge in [-0.1, -0.05) is 0 Å². The van der Waals surface area contributed by atoms with Gasteiger partial charge in [0.15, 0.2) is 9.84 Å². The van der Waals surface area contributed by atoms with Crippen LogP contribution in [0.2, 0.25) is 0 Å². The van der Waals surface area contributed by atoms with E-state index < -0.39 is 32.6 Å². The molecule has 0 spiro atoms. The zero-order chi connectivity index (χ0) is 15.6. The number of rotatable bonds is 5. The molecule has 7 nitrogen and oxygen atoms in total. The lowest BCUT2D eigenvalue weighted by molar-refractivity contribution is -0.147. The summed E-state index contributed by atoms with van der Waals surface area (Å²) >= 11 is 0. The second kappa shape index (κ2) is 5.99. The van der Waals surface area contributed by atoms with Crippen molar-refractivity contribution < 1.29 is 23.1 Å². The summed E-state index contributed by atoms with van der Waals surface area (Å²) in [6.45, 7) is 4.81. The monoisotopic (exact) mass is 306 g/mol. The van der Waals surface area contributed by atoms with Crippen LogP contribution in [0.15, 0.2) is 0 Å². The maximum absolute atomic E-state index is 12.0. The van der Waals surface area contributed by atoms with Crippen molar-refractivity contribution in [3.05, 3.63) is 0 Å². The van der Waals surface area contributed by atoms with Gasteiger partial charge >= 0.3 is 12.0 Å². The van der Waals surface area contributed by atoms with E-state index in [0.717, 1.165) is 0 Å². The molecule has 0 aliphatic carbocycles. The summed E-state index contributed by atoms with van der Waals surface area (Å²) < 4.78 is 23.3. The minimum atomic E-state index is -3.12. The van der Waals surface area contributed by atoms with E-state index >= 15 is 0 Å². The first kappa shape index (κ1) is 16.7. The van der Waals surface area contributed by atoms with Gasteiger partial charge < -0.3 is 15.3 Å². The van der Waals surface area contributed by atoms with Gasteiger partial charge in [-0.15, -0.1) is 0 Å². The molecular weight excluding hydrogens is 284 g/mol. The first-order chi connectivity index (χ1) is 9.13. The fourth-order valence-electron chi connectivity index (χ4n) is 2.29. The number of carbonyl (C=O) groups excluding carboxylic acids is 1. The van der Waals surface area contributed by atoms with Gasteiger partial charge in [0.25, 0.3) is 0 Å². The summed E-state index contributed by atoms with van der Waals surface area (Å²) in [6.07, 6.45) is 1.15. The lowest BCUT2D eigenvalue weighted by atomic mass is 10.0. The number of aliphatic carboxylic acids is 1. The van der Waals surface area contributed by atoms with E-state index in [9.17, 15) is 18.0 Å². The van der Waals surface area contributed by atoms with Gasteiger partial charge in [-0.2, -0.15) is 0 Å². The van der Waals surface area contributed by atoms with Gasteiger partial charge in [0.1, 0.15) is 5.54 Å². The predicted molar refractivity (Wildman–Crippen MR) is 74.3 cm³/mol. The molecule has 2 N–H and O–H groups in total. The Morgan fingerprint density at radius 3 is 2.40 bits per heavy atom. The van der Waals surface area contributed by atoms with E-state index in [1.165, 1.54) is 18.7 Å². The molecule has 0 saturated carbocycles. The Balaban J connectivity index is 2.68. The summed E-state index contributed by atoms with van der Waals surface area (Å²) in [4.78, 5) is 24.4. The molecule has 1 unspecified atom stereocenters. The maximum Gasteiger partial charge on any atom is 0.329 e. The molecule has 20 heavy (non-hydrogen) atoms. The standard InChI is InChI=1S/C12H22N2O5S/c1-4-14(12(2,3)10(15)16)11(17)13-8-9-6-5-7-20(9,18)19/h9H,4-8H2,1-3H3,(H,13,17)(H,15,16). The molecule has 0 bridgehead atoms. The highest BCUT2D eigenvalue weighted by molar-refractivity contribution is 7.92. The van der Waals surface area contributed by atoms with Crippen molar-refractivity contribution in [2.75, 3.05) is 18.8 Å². The lowest BCUT2D eigenvalue weighted by Crippen LogP contribution is -2.56. The van der Waals surface area contributed by atoms with Crippen LogP contribution in [-0.4, -0.2) is 60.1 Å². The van der Waals surface area contributed by atoms with Crippen LogP contribution in [0.3, 0.4) is 0 Å². The number of likely N-dealkylation sites (N-methyl/N-ethyl adjacent to an activating group) is 1. The molecule has 1 fully saturated rings. The summed E-state index contributed by atoms with van der Waals surface area (Å²) in [5, 5.41) is 11.1. The van der Waals surface area contributed by atoms with E-state index in [2.05, 4.69) is 5.32 Å². The van der Waals surface area contributed by atoms with E-state index in [-0.39, 0.29) is 18.8 Å². The Hall–Kier alpha value is -1.31. The number of sulfone groups is 1. The predicted octanol–water partition coefficient (Wildman–Crippen LogP) is 0.458. The molecule has 1 rings (SSSR count). The zero-order valence-electron chi connectivity index (χ0n) is 12.0. The minimum Gasteiger partial charge on any atom is -0.480 e. The Labute approximate surface area is 119 Å². The van der Waals surface area contributed by atoms with E-state index in [1.54, 1.807) is 6.92 Å². The number of carboxylic acids is 1. The molecule has 0 radical (unpaired) electrons. The topological polar surface area (TPSA) is 104 Å². The number of carbonyl (C=O) groups is 2. The van der Waals surface area contributed by atoms with Gasteiger partial charge in [0.05, 0.1) is 11.0 Å². The molecule has 2 amide bonds. The number of hydrogen-bond acceptors (Lipinski definition) is 4. The second-order valence-electron chi connectivity index (χ2n) is 5.43. The van der Waals surface area contributed by atoms with E-state index in [4.69, 9.17) is 5.11 Å². The largest absolute Gasteiger partial charge is 0.480 e. The first-order valence-corrected chi connectivity index (χ1v) is 8.35. The van der Waals surface area contributed by atoms with Crippen LogP contribution < -0.4 is 5.32 Å². The smallest absolute Gasteiger partial charge is 0.329 e. The summed E-state index contributed by atoms with van der Waals surface area (Å²) in [5.74, 6) is -0.950. The van der Waals surface area contributed by atoms with Crippen LogP contribution in [0.4, 0.5) is 4.79 Å². The van der Waals surface area contributed by atoms with Crippen molar-refractivity contribution in [2.45, 2.75) is 44.4 Å². The number of nitrogens with one attached hydrogen (secondary N) is 1. The Bertz CT molecular complexity index is 486. The summed E-state index contributed by atoms with van der Waals surface area (Å²) in [5.41, 5.74) is -1.34. The first-order valence-electron chi connectivity index (χ1n) is 6.63. The highest BCUT2D eigenvalue weighted by Gasteiger charge is 2.38. The number of amides is 2. The number of hydrogen-bond donors (Lipinski definition) is 2. The molecule has 116 valence electrons. The minimum absolute atomic E-state index is 0.0351. The van der Waals surface area contributed by atoms with Crippen LogP contribution in [0.5, 0.6) is 0 Å². The summed E-state index contributed by atoms with van der Waals surface area (Å²) in [6, 6.07) is -0.554. The lowest BCUT2D eigenvalue weighted by Gasteiger charge is -2.34. The fourth-order valence-corrected chi connectivity index (χ4v) is 4.06. The normalized spacial score (nSPS) is 21.4. The van der Waals surface area contributed by atoms with Gasteiger partial charge in [0, 0.05) is 13.1 Å². The van der Waals surface area contributed by atoms with Gasteiger partial charge in [0.2, 0.25) is 0 Å². The third-order valence-corrected chi connectivity index (χ3v) is 5.98. The zero-order valence-corrected chi connectivity index (χ0v) is 12.9. The SMILES string of the molecule is CCN(C(=O)NCC1CCCS1(=O)=O)C(C)(C)C(=O)O. The molecule has 1 saturated heterocycles. The highest BCUT2D eigenvalue weighted by atomic mass is 32.2. The second-order valence-corrected chi connectivity index (χ2v) is 7.83. The molecule has 1 aliphatic heterocycles. The van der Waals surface area contributed by atoms with E-state index in [1.807, 2.05) is 0 Å². The molecule has 1 atom stereocenters. The average Bonchev–Trinajstić information content (AvgIpc) is 2.66. The number of nitrogens with zero attached hydrogens (tertiary/aromatic N) is 1. The van der Waals surface area contributed by atoms with Crippen molar-refractivity contribution in [1.29, 1.82) is 0 Å². The molecular formula is C12H22N2O5S. The third-order valence-electron chi connectivity index (χ3n) is 3.70. The Morgan fingerprint density at radius 2 is 2.00 bits per heavy atom. The van der Waals surface area contributed by atoms with Crippen molar-refractivity contribution in [3.8, 4) is 0 Å².